The van der Waals surface area contributed by atoms with E-state index in [1.54, 1.807) is 37.8 Å². The van der Waals surface area contributed by atoms with Gasteiger partial charge in [0, 0.05) is 23.5 Å². The van der Waals surface area contributed by atoms with E-state index in [9.17, 15) is 9.59 Å². The second kappa shape index (κ2) is 12.4. The zero-order valence-electron chi connectivity index (χ0n) is 21.2. The molecule has 0 saturated heterocycles. The summed E-state index contributed by atoms with van der Waals surface area (Å²) in [6, 6.07) is 12.8. The number of ether oxygens (including phenoxy) is 3. The molecule has 0 aliphatic heterocycles. The Bertz CT molecular complexity index is 1210. The predicted octanol–water partition coefficient (Wildman–Crippen LogP) is 4.91. The van der Waals surface area contributed by atoms with Crippen molar-refractivity contribution in [1.82, 2.24) is 15.6 Å². The predicted molar refractivity (Wildman–Crippen MR) is 143 cm³/mol. The fourth-order valence-corrected chi connectivity index (χ4v) is 4.83. The summed E-state index contributed by atoms with van der Waals surface area (Å²) in [7, 11) is 3.11. The number of amides is 3. The zero-order valence-corrected chi connectivity index (χ0v) is 22.0. The summed E-state index contributed by atoms with van der Waals surface area (Å²) in [5.41, 5.74) is 2.14. The van der Waals surface area contributed by atoms with E-state index in [4.69, 9.17) is 14.2 Å². The summed E-state index contributed by atoms with van der Waals surface area (Å²) in [4.78, 5) is 29.6. The molecule has 3 amide bonds. The van der Waals surface area contributed by atoms with Gasteiger partial charge in [-0.2, -0.15) is 0 Å². The van der Waals surface area contributed by atoms with Gasteiger partial charge in [-0.25, -0.2) is 9.78 Å². The number of hydrogen-bond donors (Lipinski definition) is 3. The van der Waals surface area contributed by atoms with Crippen LogP contribution >= 0.6 is 11.3 Å². The van der Waals surface area contributed by atoms with Gasteiger partial charge in [-0.3, -0.25) is 4.79 Å². The molecular weight excluding hydrogens is 492 g/mol. The van der Waals surface area contributed by atoms with Crippen LogP contribution < -0.4 is 30.2 Å². The Balaban J connectivity index is 1.19. The molecule has 9 nitrogen and oxygen atoms in total. The molecular formula is C27H32N4O5S. The van der Waals surface area contributed by atoms with E-state index in [0.29, 0.717) is 29.5 Å². The van der Waals surface area contributed by atoms with Crippen LogP contribution in [0.3, 0.4) is 0 Å². The number of carbonyl (C=O) groups excluding carboxylic acids is 2. The molecule has 1 aliphatic carbocycles. The van der Waals surface area contributed by atoms with Crippen LogP contribution in [-0.2, 0) is 6.61 Å². The van der Waals surface area contributed by atoms with E-state index < -0.39 is 0 Å². The molecule has 1 heterocycles. The van der Waals surface area contributed by atoms with Crippen LogP contribution in [0.25, 0.3) is 0 Å². The third-order valence-corrected chi connectivity index (χ3v) is 7.04. The number of hydrogen-bond acceptors (Lipinski definition) is 7. The van der Waals surface area contributed by atoms with Gasteiger partial charge in [0.15, 0.2) is 0 Å². The maximum absolute atomic E-state index is 12.7. The van der Waals surface area contributed by atoms with E-state index in [0.717, 1.165) is 36.4 Å². The summed E-state index contributed by atoms with van der Waals surface area (Å²) in [6.45, 7) is 2.35. The third-order valence-electron chi connectivity index (χ3n) is 6.22. The van der Waals surface area contributed by atoms with Crippen LogP contribution in [0.5, 0.6) is 17.2 Å². The van der Waals surface area contributed by atoms with E-state index >= 15 is 0 Å². The SMILES string of the molecule is COc1ccc(NC(=O)NC2CCC(NC(=O)c3csc(COc4ccc(C)cc4)n3)CC2)c(OC)c1. The highest BCUT2D eigenvalue weighted by atomic mass is 32.1. The van der Waals surface area contributed by atoms with Crippen LogP contribution in [0.2, 0.25) is 0 Å². The zero-order chi connectivity index (χ0) is 26.2. The Morgan fingerprint density at radius 1 is 0.946 bits per heavy atom. The second-order valence-corrected chi connectivity index (χ2v) is 9.86. The van der Waals surface area contributed by atoms with Crippen molar-refractivity contribution in [2.75, 3.05) is 19.5 Å². The van der Waals surface area contributed by atoms with Gasteiger partial charge in [0.25, 0.3) is 5.91 Å². The Kier molecular flexibility index (Phi) is 8.84. The molecule has 0 bridgehead atoms. The number of anilines is 1. The quantitative estimate of drug-likeness (QED) is 0.367. The van der Waals surface area contributed by atoms with Gasteiger partial charge < -0.3 is 30.2 Å². The number of rotatable bonds is 9. The Hall–Kier alpha value is -3.79. The highest BCUT2D eigenvalue weighted by Crippen LogP contribution is 2.29. The molecule has 0 spiro atoms. The molecule has 10 heteroatoms. The normalized spacial score (nSPS) is 16.9. The molecule has 3 N–H and O–H groups in total. The number of thiazole rings is 1. The summed E-state index contributed by atoms with van der Waals surface area (Å²) in [5.74, 6) is 1.76. The fraction of sp³-hybridized carbons (Fsp3) is 0.370. The van der Waals surface area contributed by atoms with E-state index in [-0.39, 0.29) is 24.0 Å². The number of nitrogens with one attached hydrogen (secondary N) is 3. The molecule has 1 aliphatic rings. The minimum atomic E-state index is -0.293. The van der Waals surface area contributed by atoms with Crippen LogP contribution in [0, 0.1) is 6.92 Å². The van der Waals surface area contributed by atoms with Gasteiger partial charge in [-0.05, 0) is 56.9 Å². The Morgan fingerprint density at radius 2 is 1.62 bits per heavy atom. The minimum absolute atomic E-state index is 0.0298. The van der Waals surface area contributed by atoms with E-state index in [1.165, 1.54) is 16.9 Å². The molecule has 196 valence electrons. The van der Waals surface area contributed by atoms with Gasteiger partial charge in [-0.15, -0.1) is 11.3 Å². The fourth-order valence-electron chi connectivity index (χ4n) is 4.15. The van der Waals surface area contributed by atoms with Crippen LogP contribution in [0.1, 0.15) is 46.7 Å². The van der Waals surface area contributed by atoms with Crippen molar-refractivity contribution in [1.29, 1.82) is 0 Å². The maximum atomic E-state index is 12.7. The molecule has 2 aromatic carbocycles. The second-order valence-electron chi connectivity index (χ2n) is 8.91. The average molecular weight is 525 g/mol. The molecule has 0 unspecified atom stereocenters. The molecule has 0 radical (unpaired) electrons. The van der Waals surface area contributed by atoms with Crippen molar-refractivity contribution in [3.05, 3.63) is 64.1 Å². The Labute approximate surface area is 220 Å². The number of aromatic nitrogens is 1. The van der Waals surface area contributed by atoms with Gasteiger partial charge >= 0.3 is 6.03 Å². The smallest absolute Gasteiger partial charge is 0.319 e. The highest BCUT2D eigenvalue weighted by Gasteiger charge is 2.25. The largest absolute Gasteiger partial charge is 0.497 e. The highest BCUT2D eigenvalue weighted by molar-refractivity contribution is 7.09. The standard InChI is InChI=1S/C27H32N4O5S/c1-17-4-10-20(11-5-17)36-15-25-30-23(16-37-25)26(32)28-18-6-8-19(9-7-18)29-27(33)31-22-13-12-21(34-2)14-24(22)35-3/h4-5,10-14,16,18-19H,6-9,15H2,1-3H3,(H,28,32)(H2,29,31,33). The molecule has 1 fully saturated rings. The molecule has 37 heavy (non-hydrogen) atoms. The lowest BCUT2D eigenvalue weighted by atomic mass is 9.91. The topological polar surface area (TPSA) is 111 Å². The number of carbonyl (C=O) groups is 2. The number of benzene rings is 2. The molecule has 3 aromatic rings. The monoisotopic (exact) mass is 524 g/mol. The van der Waals surface area contributed by atoms with E-state index in [2.05, 4.69) is 20.9 Å². The van der Waals surface area contributed by atoms with Crippen molar-refractivity contribution < 1.29 is 23.8 Å². The average Bonchev–Trinajstić information content (AvgIpc) is 3.39. The lowest BCUT2D eigenvalue weighted by Crippen LogP contribution is -2.45. The van der Waals surface area contributed by atoms with Gasteiger partial charge in [-0.1, -0.05) is 17.7 Å². The molecule has 1 saturated carbocycles. The summed E-state index contributed by atoms with van der Waals surface area (Å²) in [5, 5.41) is 11.4. The third kappa shape index (κ3) is 7.36. The lowest BCUT2D eigenvalue weighted by molar-refractivity contribution is 0.0919. The van der Waals surface area contributed by atoms with Crippen LogP contribution in [-0.4, -0.2) is 43.2 Å². The number of methoxy groups -OCH3 is 2. The van der Waals surface area contributed by atoms with Crippen molar-refractivity contribution >= 4 is 29.0 Å². The van der Waals surface area contributed by atoms with Gasteiger partial charge in [0.1, 0.15) is 34.6 Å². The van der Waals surface area contributed by atoms with Crippen molar-refractivity contribution in [2.45, 2.75) is 51.3 Å². The molecule has 0 atom stereocenters. The van der Waals surface area contributed by atoms with E-state index in [1.807, 2.05) is 31.2 Å². The number of urea groups is 1. The summed E-state index contributed by atoms with van der Waals surface area (Å²) in [6.07, 6.45) is 3.09. The van der Waals surface area contributed by atoms with Crippen LogP contribution in [0.15, 0.2) is 47.8 Å². The molecule has 1 aromatic heterocycles. The molecule has 4 rings (SSSR count). The number of nitrogens with zero attached hydrogens (tertiary/aromatic N) is 1. The first-order valence-electron chi connectivity index (χ1n) is 12.2. The van der Waals surface area contributed by atoms with Crippen molar-refractivity contribution in [3.8, 4) is 17.2 Å². The van der Waals surface area contributed by atoms with Crippen molar-refractivity contribution in [2.24, 2.45) is 0 Å². The first kappa shape index (κ1) is 26.3. The van der Waals surface area contributed by atoms with Gasteiger partial charge in [0.2, 0.25) is 0 Å². The number of aryl methyl sites for hydroxylation is 1. The maximum Gasteiger partial charge on any atom is 0.319 e. The minimum Gasteiger partial charge on any atom is -0.497 e. The van der Waals surface area contributed by atoms with Crippen molar-refractivity contribution in [3.63, 3.8) is 0 Å². The summed E-state index contributed by atoms with van der Waals surface area (Å²) >= 11 is 1.41. The first-order valence-corrected chi connectivity index (χ1v) is 13.1. The van der Waals surface area contributed by atoms with Crippen LogP contribution in [0.4, 0.5) is 10.5 Å². The lowest BCUT2D eigenvalue weighted by Gasteiger charge is -2.29. The van der Waals surface area contributed by atoms with Gasteiger partial charge in [0.05, 0.1) is 19.9 Å². The summed E-state index contributed by atoms with van der Waals surface area (Å²) < 4.78 is 16.3. The first-order chi connectivity index (χ1) is 17.9. The Morgan fingerprint density at radius 3 is 2.30 bits per heavy atom.